The molecule has 0 bridgehead atoms. The molecule has 1 aromatic heterocycles. The SMILES string of the molecule is O=C(CC1COCCN1)Nc1nc(C2CC2)c(Cc2ccc(F)cc2)s1. The normalized spacial score (nSPS) is 20.1. The van der Waals surface area contributed by atoms with Gasteiger partial charge in [0.1, 0.15) is 5.82 Å². The highest BCUT2D eigenvalue weighted by Crippen LogP contribution is 2.44. The summed E-state index contributed by atoms with van der Waals surface area (Å²) in [5.41, 5.74) is 2.15. The molecule has 1 aromatic carbocycles. The highest BCUT2D eigenvalue weighted by Gasteiger charge is 2.30. The minimum Gasteiger partial charge on any atom is -0.378 e. The van der Waals surface area contributed by atoms with Gasteiger partial charge in [-0.3, -0.25) is 4.79 Å². The van der Waals surface area contributed by atoms with Crippen LogP contribution in [0.3, 0.4) is 0 Å². The second-order valence-electron chi connectivity index (χ2n) is 6.88. The lowest BCUT2D eigenvalue weighted by atomic mass is 10.1. The third kappa shape index (κ3) is 4.47. The number of morpholine rings is 1. The summed E-state index contributed by atoms with van der Waals surface area (Å²) in [6, 6.07) is 6.63. The Balaban J connectivity index is 1.43. The molecule has 0 radical (unpaired) electrons. The third-order valence-corrected chi connectivity index (χ3v) is 5.63. The number of hydrogen-bond donors (Lipinski definition) is 2. The van der Waals surface area contributed by atoms with Gasteiger partial charge in [0, 0.05) is 36.2 Å². The number of nitrogens with one attached hydrogen (secondary N) is 2. The topological polar surface area (TPSA) is 63.2 Å². The van der Waals surface area contributed by atoms with Crippen LogP contribution in [0.5, 0.6) is 0 Å². The first-order valence-electron chi connectivity index (χ1n) is 9.02. The highest BCUT2D eigenvalue weighted by molar-refractivity contribution is 7.15. The summed E-state index contributed by atoms with van der Waals surface area (Å²) in [7, 11) is 0. The van der Waals surface area contributed by atoms with Crippen molar-refractivity contribution in [3.63, 3.8) is 0 Å². The zero-order chi connectivity index (χ0) is 17.9. The molecule has 7 heteroatoms. The molecule has 5 nitrogen and oxygen atoms in total. The van der Waals surface area contributed by atoms with Crippen molar-refractivity contribution in [1.29, 1.82) is 0 Å². The molecule has 0 spiro atoms. The van der Waals surface area contributed by atoms with E-state index in [4.69, 9.17) is 4.74 Å². The van der Waals surface area contributed by atoms with Crippen LogP contribution in [-0.4, -0.2) is 36.7 Å². The molecule has 2 aromatic rings. The number of carbonyl (C=O) groups is 1. The largest absolute Gasteiger partial charge is 0.378 e. The number of thiazole rings is 1. The minimum atomic E-state index is -0.228. The van der Waals surface area contributed by atoms with Crippen molar-refractivity contribution in [3.05, 3.63) is 46.2 Å². The molecule has 1 atom stereocenters. The van der Waals surface area contributed by atoms with E-state index in [0.29, 0.717) is 30.7 Å². The van der Waals surface area contributed by atoms with Gasteiger partial charge in [-0.25, -0.2) is 9.37 Å². The van der Waals surface area contributed by atoms with E-state index in [1.807, 2.05) is 0 Å². The molecule has 1 aliphatic heterocycles. The lowest BCUT2D eigenvalue weighted by molar-refractivity contribution is -0.117. The fourth-order valence-electron chi connectivity index (χ4n) is 3.15. The first kappa shape index (κ1) is 17.6. The second-order valence-corrected chi connectivity index (χ2v) is 7.97. The van der Waals surface area contributed by atoms with Gasteiger partial charge in [-0.2, -0.15) is 0 Å². The van der Waals surface area contributed by atoms with Crippen LogP contribution in [0.15, 0.2) is 24.3 Å². The van der Waals surface area contributed by atoms with Crippen LogP contribution in [0, 0.1) is 5.82 Å². The molecule has 1 aliphatic carbocycles. The summed E-state index contributed by atoms with van der Waals surface area (Å²) < 4.78 is 18.5. The summed E-state index contributed by atoms with van der Waals surface area (Å²) in [5, 5.41) is 6.88. The van der Waals surface area contributed by atoms with Gasteiger partial charge in [-0.15, -0.1) is 11.3 Å². The monoisotopic (exact) mass is 375 g/mol. The Bertz CT molecular complexity index is 768. The molecule has 138 valence electrons. The van der Waals surface area contributed by atoms with Gasteiger partial charge in [-0.1, -0.05) is 12.1 Å². The first-order valence-corrected chi connectivity index (χ1v) is 9.84. The Morgan fingerprint density at radius 3 is 2.85 bits per heavy atom. The van der Waals surface area contributed by atoms with E-state index in [9.17, 15) is 9.18 Å². The lowest BCUT2D eigenvalue weighted by Crippen LogP contribution is -2.43. The third-order valence-electron chi connectivity index (χ3n) is 4.65. The summed E-state index contributed by atoms with van der Waals surface area (Å²) in [6.45, 7) is 2.04. The zero-order valence-electron chi connectivity index (χ0n) is 14.5. The number of benzene rings is 1. The van der Waals surface area contributed by atoms with Crippen molar-refractivity contribution in [2.24, 2.45) is 0 Å². The number of hydrogen-bond acceptors (Lipinski definition) is 5. The quantitative estimate of drug-likeness (QED) is 0.815. The van der Waals surface area contributed by atoms with Crippen molar-refractivity contribution >= 4 is 22.4 Å². The van der Waals surface area contributed by atoms with Crippen LogP contribution < -0.4 is 10.6 Å². The Hall–Kier alpha value is -1.83. The van der Waals surface area contributed by atoms with Crippen LogP contribution in [0.1, 0.15) is 41.3 Å². The number of carbonyl (C=O) groups excluding carboxylic acids is 1. The van der Waals surface area contributed by atoms with Crippen molar-refractivity contribution in [1.82, 2.24) is 10.3 Å². The number of aromatic nitrogens is 1. The Morgan fingerprint density at radius 2 is 2.15 bits per heavy atom. The average Bonchev–Trinajstić information content (AvgIpc) is 3.40. The number of rotatable bonds is 6. The molecular formula is C19H22FN3O2S. The maximum atomic E-state index is 13.1. The van der Waals surface area contributed by atoms with Gasteiger partial charge in [0.05, 0.1) is 18.9 Å². The average molecular weight is 375 g/mol. The predicted octanol–water partition coefficient (Wildman–Crippen LogP) is 3.07. The van der Waals surface area contributed by atoms with E-state index in [2.05, 4.69) is 15.6 Å². The maximum Gasteiger partial charge on any atom is 0.227 e. The molecule has 4 rings (SSSR count). The van der Waals surface area contributed by atoms with Crippen molar-refractivity contribution in [2.45, 2.75) is 37.6 Å². The summed E-state index contributed by atoms with van der Waals surface area (Å²) in [4.78, 5) is 18.1. The second kappa shape index (κ2) is 7.82. The Kier molecular flexibility index (Phi) is 5.28. The van der Waals surface area contributed by atoms with Gasteiger partial charge in [0.25, 0.3) is 0 Å². The van der Waals surface area contributed by atoms with Crippen LogP contribution in [0.25, 0.3) is 0 Å². The fourth-order valence-corrected chi connectivity index (χ4v) is 4.25. The van der Waals surface area contributed by atoms with E-state index in [1.54, 1.807) is 12.1 Å². The smallest absolute Gasteiger partial charge is 0.227 e. The fraction of sp³-hybridized carbons (Fsp3) is 0.474. The molecule has 1 unspecified atom stereocenters. The van der Waals surface area contributed by atoms with E-state index in [1.165, 1.54) is 23.5 Å². The molecule has 2 aliphatic rings. The van der Waals surface area contributed by atoms with Crippen LogP contribution in [0.2, 0.25) is 0 Å². The maximum absolute atomic E-state index is 13.1. The van der Waals surface area contributed by atoms with Crippen LogP contribution in [0.4, 0.5) is 9.52 Å². The first-order chi connectivity index (χ1) is 12.7. The summed E-state index contributed by atoms with van der Waals surface area (Å²) in [5.74, 6) is 0.229. The van der Waals surface area contributed by atoms with E-state index in [-0.39, 0.29) is 17.8 Å². The molecule has 2 fully saturated rings. The number of ether oxygens (including phenoxy) is 1. The molecule has 26 heavy (non-hydrogen) atoms. The number of amides is 1. The minimum absolute atomic E-state index is 0.0440. The van der Waals surface area contributed by atoms with E-state index >= 15 is 0 Å². The Morgan fingerprint density at radius 1 is 1.35 bits per heavy atom. The van der Waals surface area contributed by atoms with Gasteiger partial charge in [0.15, 0.2) is 5.13 Å². The van der Waals surface area contributed by atoms with Gasteiger partial charge in [-0.05, 0) is 30.5 Å². The molecule has 1 amide bonds. The molecule has 2 N–H and O–H groups in total. The van der Waals surface area contributed by atoms with Crippen molar-refractivity contribution in [3.8, 4) is 0 Å². The van der Waals surface area contributed by atoms with E-state index < -0.39 is 0 Å². The van der Waals surface area contributed by atoms with Gasteiger partial charge < -0.3 is 15.4 Å². The zero-order valence-corrected chi connectivity index (χ0v) is 15.3. The van der Waals surface area contributed by atoms with Crippen molar-refractivity contribution < 1.29 is 13.9 Å². The molecular weight excluding hydrogens is 353 g/mol. The molecule has 1 saturated carbocycles. The summed E-state index contributed by atoms with van der Waals surface area (Å²) >= 11 is 1.53. The van der Waals surface area contributed by atoms with Gasteiger partial charge >= 0.3 is 0 Å². The Labute approximate surface area is 156 Å². The highest BCUT2D eigenvalue weighted by atomic mass is 32.1. The van der Waals surface area contributed by atoms with Crippen LogP contribution in [-0.2, 0) is 16.0 Å². The predicted molar refractivity (Wildman–Crippen MR) is 99.2 cm³/mol. The molecule has 2 heterocycles. The molecule has 1 saturated heterocycles. The van der Waals surface area contributed by atoms with Crippen LogP contribution >= 0.6 is 11.3 Å². The van der Waals surface area contributed by atoms with Gasteiger partial charge in [0.2, 0.25) is 5.91 Å². The van der Waals surface area contributed by atoms with Crippen molar-refractivity contribution in [2.75, 3.05) is 25.1 Å². The van der Waals surface area contributed by atoms with E-state index in [0.717, 1.165) is 41.9 Å². The summed E-state index contributed by atoms with van der Waals surface area (Å²) in [6.07, 6.45) is 3.40. The standard InChI is InChI=1S/C19H22FN3O2S/c20-14-5-1-12(2-6-14)9-16-18(13-3-4-13)23-19(26-16)22-17(24)10-15-11-25-8-7-21-15/h1-2,5-6,13,15,21H,3-4,7-11H2,(H,22,23,24). The number of halogens is 1. The lowest BCUT2D eigenvalue weighted by Gasteiger charge is -2.22. The number of anilines is 1. The number of nitrogens with zero attached hydrogens (tertiary/aromatic N) is 1.